The minimum absolute atomic E-state index is 0.281. The molecule has 3 rings (SSSR count). The summed E-state index contributed by atoms with van der Waals surface area (Å²) >= 11 is 0. The van der Waals surface area contributed by atoms with E-state index in [4.69, 9.17) is 0 Å². The fraction of sp³-hybridized carbons (Fsp3) is 0.500. The van der Waals surface area contributed by atoms with Crippen LogP contribution in [-0.4, -0.2) is 53.3 Å². The van der Waals surface area contributed by atoms with E-state index in [9.17, 15) is 9.59 Å². The topological polar surface area (TPSA) is 62.5 Å². The molecule has 1 saturated heterocycles. The van der Waals surface area contributed by atoms with Crippen LogP contribution in [0.4, 0.5) is 11.5 Å². The van der Waals surface area contributed by atoms with Crippen molar-refractivity contribution in [3.05, 3.63) is 57.2 Å². The van der Waals surface area contributed by atoms with Crippen molar-refractivity contribution >= 4 is 11.5 Å². The number of rotatable bonds is 7. The van der Waals surface area contributed by atoms with Crippen LogP contribution >= 0.6 is 0 Å². The Kier molecular flexibility index (Phi) is 6.34. The van der Waals surface area contributed by atoms with Crippen molar-refractivity contribution in [1.29, 1.82) is 0 Å². The summed E-state index contributed by atoms with van der Waals surface area (Å²) in [5.74, 6) is 0.583. The van der Waals surface area contributed by atoms with E-state index in [2.05, 4.69) is 45.4 Å². The summed E-state index contributed by atoms with van der Waals surface area (Å²) in [5.41, 5.74) is 0.721. The first-order valence-electron chi connectivity index (χ1n) is 9.59. The highest BCUT2D eigenvalue weighted by atomic mass is 16.2. The molecule has 0 radical (unpaired) electrons. The van der Waals surface area contributed by atoms with Crippen molar-refractivity contribution in [2.45, 2.75) is 12.8 Å². The van der Waals surface area contributed by atoms with E-state index < -0.39 is 0 Å². The average Bonchev–Trinajstić information content (AvgIpc) is 2.71. The first-order valence-corrected chi connectivity index (χ1v) is 9.59. The Morgan fingerprint density at radius 1 is 0.926 bits per heavy atom. The van der Waals surface area contributed by atoms with Gasteiger partial charge in [-0.3, -0.25) is 18.8 Å². The highest BCUT2D eigenvalue weighted by Crippen LogP contribution is 2.15. The van der Waals surface area contributed by atoms with Gasteiger partial charge in [-0.15, -0.1) is 0 Å². The molecule has 1 aliphatic rings. The Hall–Kier alpha value is -2.54. The molecule has 27 heavy (non-hydrogen) atoms. The number of piperazine rings is 1. The molecule has 0 saturated carbocycles. The van der Waals surface area contributed by atoms with Gasteiger partial charge in [0, 0.05) is 58.6 Å². The van der Waals surface area contributed by atoms with Gasteiger partial charge >= 0.3 is 5.69 Å². The number of nitrogens with zero attached hydrogens (tertiary/aromatic N) is 4. The maximum Gasteiger partial charge on any atom is 0.332 e. The second-order valence-electron chi connectivity index (χ2n) is 7.07. The second-order valence-corrected chi connectivity index (χ2v) is 7.07. The molecule has 0 aliphatic carbocycles. The molecule has 1 aromatic heterocycles. The predicted molar refractivity (Wildman–Crippen MR) is 110 cm³/mol. The number of hydrogen-bond donors (Lipinski definition) is 1. The van der Waals surface area contributed by atoms with Crippen LogP contribution in [0.25, 0.3) is 0 Å². The van der Waals surface area contributed by atoms with Crippen molar-refractivity contribution in [2.75, 3.05) is 49.5 Å². The summed E-state index contributed by atoms with van der Waals surface area (Å²) in [4.78, 5) is 28.6. The Balaban J connectivity index is 1.37. The molecule has 1 aliphatic heterocycles. The van der Waals surface area contributed by atoms with E-state index >= 15 is 0 Å². The molecule has 2 aromatic rings. The maximum absolute atomic E-state index is 11.9. The average molecular weight is 371 g/mol. The van der Waals surface area contributed by atoms with E-state index in [0.29, 0.717) is 5.82 Å². The van der Waals surface area contributed by atoms with E-state index in [-0.39, 0.29) is 11.2 Å². The first-order chi connectivity index (χ1) is 13.1. The molecule has 0 spiro atoms. The SMILES string of the molecule is Cn1c(NCCCCN2CCN(c3ccccc3)CC2)cc(=O)n(C)c1=O. The second kappa shape index (κ2) is 8.90. The third kappa shape index (κ3) is 4.80. The Morgan fingerprint density at radius 3 is 2.33 bits per heavy atom. The van der Waals surface area contributed by atoms with Crippen molar-refractivity contribution in [1.82, 2.24) is 14.0 Å². The van der Waals surface area contributed by atoms with E-state index in [1.54, 1.807) is 7.05 Å². The molecule has 1 aromatic carbocycles. The molecule has 146 valence electrons. The summed E-state index contributed by atoms with van der Waals surface area (Å²) < 4.78 is 2.59. The van der Waals surface area contributed by atoms with Crippen LogP contribution in [0, 0.1) is 0 Å². The summed E-state index contributed by atoms with van der Waals surface area (Å²) in [7, 11) is 3.17. The van der Waals surface area contributed by atoms with Gasteiger partial charge in [0.05, 0.1) is 0 Å². The van der Waals surface area contributed by atoms with E-state index in [0.717, 1.165) is 56.7 Å². The molecule has 0 bridgehead atoms. The van der Waals surface area contributed by atoms with Crippen LogP contribution < -0.4 is 21.5 Å². The van der Waals surface area contributed by atoms with Gasteiger partial charge in [-0.05, 0) is 31.5 Å². The molecular weight excluding hydrogens is 342 g/mol. The lowest BCUT2D eigenvalue weighted by atomic mass is 10.2. The largest absolute Gasteiger partial charge is 0.371 e. The van der Waals surface area contributed by atoms with Gasteiger partial charge in [0.25, 0.3) is 5.56 Å². The van der Waals surface area contributed by atoms with E-state index in [1.807, 2.05) is 0 Å². The zero-order chi connectivity index (χ0) is 19.2. The molecule has 1 N–H and O–H groups in total. The molecule has 7 nitrogen and oxygen atoms in total. The molecule has 2 heterocycles. The summed E-state index contributed by atoms with van der Waals surface area (Å²) in [6.45, 7) is 6.15. The number of nitrogens with one attached hydrogen (secondary N) is 1. The number of anilines is 2. The summed E-state index contributed by atoms with van der Waals surface area (Å²) in [6.07, 6.45) is 2.10. The third-order valence-electron chi connectivity index (χ3n) is 5.23. The molecule has 7 heteroatoms. The molecule has 0 atom stereocenters. The number of para-hydroxylation sites is 1. The fourth-order valence-electron chi connectivity index (χ4n) is 3.45. The Bertz CT molecular complexity index is 851. The van der Waals surface area contributed by atoms with Crippen molar-refractivity contribution in [3.63, 3.8) is 0 Å². The lowest BCUT2D eigenvalue weighted by molar-refractivity contribution is 0.254. The predicted octanol–water partition coefficient (Wildman–Crippen LogP) is 1.10. The lowest BCUT2D eigenvalue weighted by Gasteiger charge is -2.36. The summed E-state index contributed by atoms with van der Waals surface area (Å²) in [6, 6.07) is 12.1. The first kappa shape index (κ1) is 19.2. The summed E-state index contributed by atoms with van der Waals surface area (Å²) in [5, 5.41) is 3.21. The number of unbranched alkanes of at least 4 members (excludes halogenated alkanes) is 1. The Labute approximate surface area is 159 Å². The normalized spacial score (nSPS) is 15.1. The van der Waals surface area contributed by atoms with Crippen LogP contribution in [0.1, 0.15) is 12.8 Å². The number of aromatic nitrogens is 2. The van der Waals surface area contributed by atoms with Crippen molar-refractivity contribution < 1.29 is 0 Å². The van der Waals surface area contributed by atoms with Crippen LogP contribution in [-0.2, 0) is 14.1 Å². The van der Waals surface area contributed by atoms with Gasteiger partial charge in [0.15, 0.2) is 0 Å². The maximum atomic E-state index is 11.9. The van der Waals surface area contributed by atoms with Gasteiger partial charge in [0.1, 0.15) is 5.82 Å². The smallest absolute Gasteiger partial charge is 0.332 e. The van der Waals surface area contributed by atoms with Gasteiger partial charge < -0.3 is 10.2 Å². The minimum atomic E-state index is -0.304. The van der Waals surface area contributed by atoms with Crippen LogP contribution in [0.5, 0.6) is 0 Å². The van der Waals surface area contributed by atoms with E-state index in [1.165, 1.54) is 23.4 Å². The number of benzene rings is 1. The molecule has 0 unspecified atom stereocenters. The number of hydrogen-bond acceptors (Lipinski definition) is 5. The van der Waals surface area contributed by atoms with Gasteiger partial charge in [0.2, 0.25) is 0 Å². The highest BCUT2D eigenvalue weighted by molar-refractivity contribution is 5.46. The minimum Gasteiger partial charge on any atom is -0.371 e. The van der Waals surface area contributed by atoms with Crippen LogP contribution in [0.3, 0.4) is 0 Å². The molecule has 1 fully saturated rings. The van der Waals surface area contributed by atoms with Crippen LogP contribution in [0.2, 0.25) is 0 Å². The van der Waals surface area contributed by atoms with Gasteiger partial charge in [-0.2, -0.15) is 0 Å². The quantitative estimate of drug-likeness (QED) is 0.739. The standard InChI is InChI=1S/C20H29N5O2/c1-22-18(16-19(26)23(2)20(22)27)21-10-6-7-11-24-12-14-25(15-13-24)17-8-4-3-5-9-17/h3-5,8-9,16,21H,6-7,10-15H2,1-2H3. The monoisotopic (exact) mass is 371 g/mol. The van der Waals surface area contributed by atoms with Crippen LogP contribution in [0.15, 0.2) is 46.0 Å². The zero-order valence-electron chi connectivity index (χ0n) is 16.2. The molecule has 0 amide bonds. The lowest BCUT2D eigenvalue weighted by Crippen LogP contribution is -2.46. The highest BCUT2D eigenvalue weighted by Gasteiger charge is 2.16. The van der Waals surface area contributed by atoms with Gasteiger partial charge in [-0.25, -0.2) is 4.79 Å². The van der Waals surface area contributed by atoms with Gasteiger partial charge in [-0.1, -0.05) is 18.2 Å². The molecular formula is C20H29N5O2. The zero-order valence-corrected chi connectivity index (χ0v) is 16.2. The third-order valence-corrected chi connectivity index (χ3v) is 5.23. The fourth-order valence-corrected chi connectivity index (χ4v) is 3.45. The Morgan fingerprint density at radius 2 is 1.63 bits per heavy atom. The van der Waals surface area contributed by atoms with Crippen molar-refractivity contribution in [2.24, 2.45) is 14.1 Å². The van der Waals surface area contributed by atoms with Crippen molar-refractivity contribution in [3.8, 4) is 0 Å².